The zero-order chi connectivity index (χ0) is 13.2. The van der Waals surface area contributed by atoms with E-state index in [1.807, 2.05) is 55.5 Å². The SMILES string of the molecule is Cc1ccc(C(=O)c2ncnc3ccccc23)cc1. The van der Waals surface area contributed by atoms with Gasteiger partial charge >= 0.3 is 0 Å². The largest absolute Gasteiger partial charge is 0.287 e. The molecule has 1 aromatic heterocycles. The van der Waals surface area contributed by atoms with Gasteiger partial charge in [0.15, 0.2) is 0 Å². The molecule has 0 radical (unpaired) electrons. The fourth-order valence-electron chi connectivity index (χ4n) is 2.03. The van der Waals surface area contributed by atoms with Crippen LogP contribution in [0.15, 0.2) is 54.9 Å². The van der Waals surface area contributed by atoms with Crippen molar-refractivity contribution in [2.24, 2.45) is 0 Å². The number of aryl methyl sites for hydroxylation is 1. The van der Waals surface area contributed by atoms with Crippen molar-refractivity contribution in [3.63, 3.8) is 0 Å². The number of para-hydroxylation sites is 1. The van der Waals surface area contributed by atoms with Crippen LogP contribution in [0.25, 0.3) is 10.9 Å². The van der Waals surface area contributed by atoms with Gasteiger partial charge in [-0.1, -0.05) is 48.0 Å². The van der Waals surface area contributed by atoms with E-state index in [4.69, 9.17) is 0 Å². The number of aromatic nitrogens is 2. The highest BCUT2D eigenvalue weighted by atomic mass is 16.1. The molecule has 3 aromatic rings. The number of fused-ring (bicyclic) bond motifs is 1. The van der Waals surface area contributed by atoms with Crippen molar-refractivity contribution in [3.05, 3.63) is 71.7 Å². The van der Waals surface area contributed by atoms with Gasteiger partial charge in [0.1, 0.15) is 12.0 Å². The molecule has 0 spiro atoms. The Balaban J connectivity index is 2.14. The molecule has 3 rings (SSSR count). The maximum Gasteiger partial charge on any atom is 0.212 e. The highest BCUT2D eigenvalue weighted by Crippen LogP contribution is 2.17. The van der Waals surface area contributed by atoms with Crippen molar-refractivity contribution in [1.29, 1.82) is 0 Å². The van der Waals surface area contributed by atoms with Crippen molar-refractivity contribution < 1.29 is 4.79 Å². The van der Waals surface area contributed by atoms with Crippen LogP contribution in [0.2, 0.25) is 0 Å². The number of ketones is 1. The number of hydrogen-bond donors (Lipinski definition) is 0. The molecule has 0 fully saturated rings. The molecule has 0 saturated heterocycles. The number of benzene rings is 2. The van der Waals surface area contributed by atoms with E-state index in [9.17, 15) is 4.79 Å². The fourth-order valence-corrected chi connectivity index (χ4v) is 2.03. The smallest absolute Gasteiger partial charge is 0.212 e. The first-order chi connectivity index (χ1) is 9.25. The summed E-state index contributed by atoms with van der Waals surface area (Å²) in [6, 6.07) is 15.0. The van der Waals surface area contributed by atoms with Crippen LogP contribution in [-0.2, 0) is 0 Å². The number of carbonyl (C=O) groups excluding carboxylic acids is 1. The summed E-state index contributed by atoms with van der Waals surface area (Å²) in [6.45, 7) is 1.99. The predicted octanol–water partition coefficient (Wildman–Crippen LogP) is 3.17. The Morgan fingerprint density at radius 3 is 2.47 bits per heavy atom. The third kappa shape index (κ3) is 2.10. The summed E-state index contributed by atoms with van der Waals surface area (Å²) in [7, 11) is 0. The normalized spacial score (nSPS) is 10.6. The molecule has 2 aromatic carbocycles. The topological polar surface area (TPSA) is 42.9 Å². The van der Waals surface area contributed by atoms with E-state index < -0.39 is 0 Å². The molecule has 3 heteroatoms. The molecule has 0 aliphatic heterocycles. The highest BCUT2D eigenvalue weighted by Gasteiger charge is 2.13. The van der Waals surface area contributed by atoms with Crippen LogP contribution in [0.4, 0.5) is 0 Å². The number of carbonyl (C=O) groups is 1. The van der Waals surface area contributed by atoms with E-state index >= 15 is 0 Å². The first-order valence-electron chi connectivity index (χ1n) is 6.07. The van der Waals surface area contributed by atoms with E-state index in [1.54, 1.807) is 0 Å². The lowest BCUT2D eigenvalue weighted by Gasteiger charge is -2.04. The third-order valence-corrected chi connectivity index (χ3v) is 3.07. The Hall–Kier alpha value is -2.55. The van der Waals surface area contributed by atoms with Crippen LogP contribution in [0.5, 0.6) is 0 Å². The van der Waals surface area contributed by atoms with Gasteiger partial charge in [0.25, 0.3) is 0 Å². The van der Waals surface area contributed by atoms with Crippen molar-refractivity contribution in [2.75, 3.05) is 0 Å². The number of hydrogen-bond acceptors (Lipinski definition) is 3. The number of rotatable bonds is 2. The molecule has 0 amide bonds. The van der Waals surface area contributed by atoms with E-state index in [1.165, 1.54) is 6.33 Å². The lowest BCUT2D eigenvalue weighted by Crippen LogP contribution is -2.05. The molecule has 92 valence electrons. The zero-order valence-electron chi connectivity index (χ0n) is 10.5. The second-order valence-corrected chi connectivity index (χ2v) is 4.43. The van der Waals surface area contributed by atoms with Crippen LogP contribution >= 0.6 is 0 Å². The van der Waals surface area contributed by atoms with Crippen molar-refractivity contribution in [2.45, 2.75) is 6.92 Å². The Morgan fingerprint density at radius 1 is 0.947 bits per heavy atom. The van der Waals surface area contributed by atoms with Crippen molar-refractivity contribution >= 4 is 16.7 Å². The van der Waals surface area contributed by atoms with Gasteiger partial charge in [0.2, 0.25) is 5.78 Å². The molecule has 19 heavy (non-hydrogen) atoms. The van der Waals surface area contributed by atoms with Gasteiger partial charge in [-0.3, -0.25) is 4.79 Å². The highest BCUT2D eigenvalue weighted by molar-refractivity contribution is 6.14. The van der Waals surface area contributed by atoms with E-state index in [-0.39, 0.29) is 5.78 Å². The van der Waals surface area contributed by atoms with Crippen LogP contribution < -0.4 is 0 Å². The second-order valence-electron chi connectivity index (χ2n) is 4.43. The first-order valence-corrected chi connectivity index (χ1v) is 6.07. The summed E-state index contributed by atoms with van der Waals surface area (Å²) in [5.41, 5.74) is 3.01. The van der Waals surface area contributed by atoms with Crippen molar-refractivity contribution in [3.8, 4) is 0 Å². The van der Waals surface area contributed by atoms with Crippen LogP contribution in [0, 0.1) is 6.92 Å². The maximum absolute atomic E-state index is 12.5. The van der Waals surface area contributed by atoms with Crippen LogP contribution in [-0.4, -0.2) is 15.8 Å². The van der Waals surface area contributed by atoms with Gasteiger partial charge in [-0.05, 0) is 13.0 Å². The first kappa shape index (κ1) is 11.5. The maximum atomic E-state index is 12.5. The standard InChI is InChI=1S/C16H12N2O/c1-11-6-8-12(9-7-11)16(19)15-13-4-2-3-5-14(13)17-10-18-15/h2-10H,1H3. The van der Waals surface area contributed by atoms with Crippen molar-refractivity contribution in [1.82, 2.24) is 9.97 Å². The zero-order valence-corrected chi connectivity index (χ0v) is 10.5. The predicted molar refractivity (Wildman–Crippen MR) is 74.1 cm³/mol. The molecule has 0 N–H and O–H groups in total. The fraction of sp³-hybridized carbons (Fsp3) is 0.0625. The second kappa shape index (κ2) is 4.61. The molecule has 0 unspecified atom stereocenters. The molecule has 0 saturated carbocycles. The average Bonchev–Trinajstić information content (AvgIpc) is 2.47. The quantitative estimate of drug-likeness (QED) is 0.654. The minimum atomic E-state index is -0.0707. The lowest BCUT2D eigenvalue weighted by atomic mass is 10.0. The molecule has 0 aliphatic carbocycles. The van der Waals surface area contributed by atoms with E-state index in [0.717, 1.165) is 16.5 Å². The van der Waals surface area contributed by atoms with Gasteiger partial charge in [0, 0.05) is 10.9 Å². The van der Waals surface area contributed by atoms with Gasteiger partial charge < -0.3 is 0 Å². The van der Waals surface area contributed by atoms with Crippen LogP contribution in [0.3, 0.4) is 0 Å². The summed E-state index contributed by atoms with van der Waals surface area (Å²) in [5.74, 6) is -0.0707. The summed E-state index contributed by atoms with van der Waals surface area (Å²) in [6.07, 6.45) is 1.43. The van der Waals surface area contributed by atoms with Crippen LogP contribution in [0.1, 0.15) is 21.6 Å². The summed E-state index contributed by atoms with van der Waals surface area (Å²) in [5, 5.41) is 0.788. The summed E-state index contributed by atoms with van der Waals surface area (Å²) in [4.78, 5) is 20.8. The molecule has 0 aliphatic rings. The Bertz CT molecular complexity index is 743. The molecule has 3 nitrogen and oxygen atoms in total. The summed E-state index contributed by atoms with van der Waals surface area (Å²) < 4.78 is 0. The minimum absolute atomic E-state index is 0.0707. The molecular weight excluding hydrogens is 236 g/mol. The average molecular weight is 248 g/mol. The Labute approximate surface area is 111 Å². The summed E-state index contributed by atoms with van der Waals surface area (Å²) >= 11 is 0. The van der Waals surface area contributed by atoms with E-state index in [2.05, 4.69) is 9.97 Å². The van der Waals surface area contributed by atoms with Gasteiger partial charge in [-0.25, -0.2) is 9.97 Å². The molecule has 0 bridgehead atoms. The minimum Gasteiger partial charge on any atom is -0.287 e. The third-order valence-electron chi connectivity index (χ3n) is 3.07. The Morgan fingerprint density at radius 2 is 1.68 bits per heavy atom. The Kier molecular flexibility index (Phi) is 2.80. The monoisotopic (exact) mass is 248 g/mol. The lowest BCUT2D eigenvalue weighted by molar-refractivity contribution is 0.103. The van der Waals surface area contributed by atoms with E-state index in [0.29, 0.717) is 11.3 Å². The molecular formula is C16H12N2O. The number of nitrogens with zero attached hydrogens (tertiary/aromatic N) is 2. The van der Waals surface area contributed by atoms with Gasteiger partial charge in [-0.2, -0.15) is 0 Å². The molecule has 1 heterocycles. The molecule has 0 atom stereocenters. The van der Waals surface area contributed by atoms with Gasteiger partial charge in [-0.15, -0.1) is 0 Å². The van der Waals surface area contributed by atoms with Gasteiger partial charge in [0.05, 0.1) is 5.52 Å².